The lowest BCUT2D eigenvalue weighted by molar-refractivity contribution is -0.143. The number of carbonyl (C=O) groups is 5. The van der Waals surface area contributed by atoms with E-state index in [1.165, 1.54) is 7.11 Å². The maximum atomic E-state index is 13.3. The van der Waals surface area contributed by atoms with Crippen LogP contribution in [0.4, 0.5) is 5.69 Å². The van der Waals surface area contributed by atoms with Gasteiger partial charge in [-0.1, -0.05) is 60.7 Å². The summed E-state index contributed by atoms with van der Waals surface area (Å²) < 4.78 is 4.91. The van der Waals surface area contributed by atoms with E-state index in [4.69, 9.17) is 4.74 Å². The molecule has 1 aromatic heterocycles. The van der Waals surface area contributed by atoms with Crippen molar-refractivity contribution in [3.05, 3.63) is 124 Å². The Kier molecular flexibility index (Phi) is 9.65. The van der Waals surface area contributed by atoms with Crippen LogP contribution < -0.4 is 16.0 Å². The molecule has 0 saturated heterocycles. The van der Waals surface area contributed by atoms with Gasteiger partial charge in [-0.25, -0.2) is 9.59 Å². The summed E-state index contributed by atoms with van der Waals surface area (Å²) in [7, 11) is 1.25. The Hall–Kier alpha value is -5.97. The average molecular weight is 635 g/mol. The molecule has 0 spiro atoms. The van der Waals surface area contributed by atoms with E-state index in [0.717, 1.165) is 11.1 Å². The molecule has 2 atom stereocenters. The lowest BCUT2D eigenvalue weighted by Gasteiger charge is -2.17. The van der Waals surface area contributed by atoms with E-state index >= 15 is 0 Å². The Bertz CT molecular complexity index is 1880. The second kappa shape index (κ2) is 14.0. The van der Waals surface area contributed by atoms with Crippen LogP contribution in [0.25, 0.3) is 11.6 Å². The van der Waals surface area contributed by atoms with Crippen molar-refractivity contribution in [2.45, 2.75) is 38.8 Å². The summed E-state index contributed by atoms with van der Waals surface area (Å²) in [6.45, 7) is 3.39. The van der Waals surface area contributed by atoms with Crippen LogP contribution in [-0.2, 0) is 32.0 Å². The van der Waals surface area contributed by atoms with Gasteiger partial charge in [0, 0.05) is 41.0 Å². The summed E-state index contributed by atoms with van der Waals surface area (Å²) in [6.07, 6.45) is 1.93. The van der Waals surface area contributed by atoms with Crippen LogP contribution in [0.1, 0.15) is 54.4 Å². The molecule has 1 unspecified atom stereocenters. The zero-order valence-electron chi connectivity index (χ0n) is 26.0. The number of H-pyrrole nitrogens is 1. The highest BCUT2D eigenvalue weighted by atomic mass is 16.5. The van der Waals surface area contributed by atoms with Gasteiger partial charge in [0.1, 0.15) is 12.1 Å². The van der Waals surface area contributed by atoms with Crippen LogP contribution in [0.5, 0.6) is 0 Å². The number of methoxy groups -OCH3 is 1. The number of aliphatic carboxylic acids is 1. The van der Waals surface area contributed by atoms with Crippen molar-refractivity contribution in [1.82, 2.24) is 15.6 Å². The highest BCUT2D eigenvalue weighted by Crippen LogP contribution is 2.35. The number of ether oxygens (including phenoxy) is 1. The highest BCUT2D eigenvalue weighted by Gasteiger charge is 2.29. The summed E-state index contributed by atoms with van der Waals surface area (Å²) in [5.41, 5.74) is 4.82. The third-order valence-corrected chi connectivity index (χ3v) is 8.02. The molecule has 0 fully saturated rings. The summed E-state index contributed by atoms with van der Waals surface area (Å²) in [4.78, 5) is 67.3. The Balaban J connectivity index is 1.38. The number of carbonyl (C=O) groups excluding carboxylic acids is 4. The number of carboxylic acid groups (broad SMARTS) is 1. The Labute approximate surface area is 271 Å². The van der Waals surface area contributed by atoms with E-state index in [-0.39, 0.29) is 29.5 Å². The van der Waals surface area contributed by atoms with Crippen LogP contribution in [0.3, 0.4) is 0 Å². The fourth-order valence-corrected chi connectivity index (χ4v) is 5.58. The minimum absolute atomic E-state index is 0.112. The molecule has 0 saturated carbocycles. The zero-order valence-corrected chi connectivity index (χ0v) is 26.0. The van der Waals surface area contributed by atoms with Crippen molar-refractivity contribution in [2.24, 2.45) is 0 Å². The molecule has 3 amide bonds. The van der Waals surface area contributed by atoms with Crippen LogP contribution in [-0.4, -0.2) is 58.9 Å². The molecule has 11 nitrogen and oxygen atoms in total. The van der Waals surface area contributed by atoms with Crippen molar-refractivity contribution in [3.63, 3.8) is 0 Å². The first-order chi connectivity index (χ1) is 22.5. The molecule has 4 aromatic rings. The SMILES string of the molecule is COC(=O)C(Cc1ccccc1)NC(=O)c1ccc2c(c1)/C(=C/c1[nH]c(C)c(C(=O)N[C@@H](Cc3ccccc3)C(=O)O)c1C)C(=O)N2. The number of anilines is 1. The maximum Gasteiger partial charge on any atom is 0.328 e. The molecule has 5 rings (SSSR count). The Morgan fingerprint density at radius 3 is 2.04 bits per heavy atom. The van der Waals surface area contributed by atoms with E-state index in [2.05, 4.69) is 20.9 Å². The first kappa shape index (κ1) is 32.4. The maximum absolute atomic E-state index is 13.3. The molecular weight excluding hydrogens is 600 g/mol. The van der Waals surface area contributed by atoms with Gasteiger partial charge in [0.15, 0.2) is 0 Å². The number of benzene rings is 3. The molecule has 1 aliphatic rings. The number of aromatic amines is 1. The van der Waals surface area contributed by atoms with E-state index in [1.807, 2.05) is 36.4 Å². The lowest BCUT2D eigenvalue weighted by atomic mass is 10.0. The fraction of sp³-hybridized carbons (Fsp3) is 0.194. The summed E-state index contributed by atoms with van der Waals surface area (Å²) in [5.74, 6) is -3.23. The monoisotopic (exact) mass is 634 g/mol. The van der Waals surface area contributed by atoms with Gasteiger partial charge in [-0.05, 0) is 54.8 Å². The van der Waals surface area contributed by atoms with Gasteiger partial charge in [0.2, 0.25) is 0 Å². The first-order valence-corrected chi connectivity index (χ1v) is 14.9. The molecule has 2 heterocycles. The van der Waals surface area contributed by atoms with Gasteiger partial charge in [0.25, 0.3) is 17.7 Å². The summed E-state index contributed by atoms with van der Waals surface area (Å²) >= 11 is 0. The van der Waals surface area contributed by atoms with Gasteiger partial charge in [0.05, 0.1) is 18.2 Å². The molecule has 0 radical (unpaired) electrons. The topological polar surface area (TPSA) is 167 Å². The standard InChI is InChI=1S/C36H34N4O7/c1-20-28(37-21(2)31(20)34(43)39-29(35(44)45)16-22-10-6-4-7-11-22)19-26-25-18-24(14-15-27(25)38-33(26)42)32(41)40-30(36(46)47-3)17-23-12-8-5-9-13-23/h4-15,18-19,29-30,37H,16-17H2,1-3H3,(H,38,42)(H,39,43)(H,40,41)(H,44,45)/b26-19-/t29-,30?/m0/s1. The predicted octanol–water partition coefficient (Wildman–Crippen LogP) is 4.06. The molecule has 47 heavy (non-hydrogen) atoms. The highest BCUT2D eigenvalue weighted by molar-refractivity contribution is 6.35. The van der Waals surface area contributed by atoms with E-state index in [1.54, 1.807) is 62.4 Å². The van der Waals surface area contributed by atoms with Crippen molar-refractivity contribution < 1.29 is 33.8 Å². The van der Waals surface area contributed by atoms with Crippen LogP contribution in [0.2, 0.25) is 0 Å². The number of esters is 1. The molecule has 1 aliphatic heterocycles. The van der Waals surface area contributed by atoms with Crippen LogP contribution in [0.15, 0.2) is 78.9 Å². The lowest BCUT2D eigenvalue weighted by Crippen LogP contribution is -2.43. The molecule has 5 N–H and O–H groups in total. The zero-order chi connectivity index (χ0) is 33.7. The molecular formula is C36H34N4O7. The predicted molar refractivity (Wildman–Crippen MR) is 176 cm³/mol. The van der Waals surface area contributed by atoms with Crippen LogP contribution >= 0.6 is 0 Å². The Morgan fingerprint density at radius 1 is 0.851 bits per heavy atom. The number of hydrogen-bond donors (Lipinski definition) is 5. The third-order valence-electron chi connectivity index (χ3n) is 8.02. The second-order valence-corrected chi connectivity index (χ2v) is 11.2. The largest absolute Gasteiger partial charge is 0.480 e. The minimum atomic E-state index is -1.16. The molecule has 3 aromatic carbocycles. The number of hydrogen-bond acceptors (Lipinski definition) is 6. The van der Waals surface area contributed by atoms with Crippen molar-refractivity contribution in [3.8, 4) is 0 Å². The van der Waals surface area contributed by atoms with Crippen LogP contribution in [0, 0.1) is 13.8 Å². The third kappa shape index (κ3) is 7.30. The molecule has 11 heteroatoms. The van der Waals surface area contributed by atoms with Crippen molar-refractivity contribution in [2.75, 3.05) is 12.4 Å². The van der Waals surface area contributed by atoms with E-state index in [0.29, 0.717) is 28.2 Å². The minimum Gasteiger partial charge on any atom is -0.480 e. The van der Waals surface area contributed by atoms with Gasteiger partial charge >= 0.3 is 11.9 Å². The molecule has 0 aliphatic carbocycles. The number of nitrogens with one attached hydrogen (secondary N) is 4. The average Bonchev–Trinajstić information content (AvgIpc) is 3.53. The first-order valence-electron chi connectivity index (χ1n) is 14.9. The van der Waals surface area contributed by atoms with Crippen molar-refractivity contribution in [1.29, 1.82) is 0 Å². The molecule has 240 valence electrons. The number of rotatable bonds is 11. The number of aromatic nitrogens is 1. The number of carboxylic acids is 1. The fourth-order valence-electron chi connectivity index (χ4n) is 5.58. The van der Waals surface area contributed by atoms with Gasteiger partial charge in [-0.3, -0.25) is 14.4 Å². The Morgan fingerprint density at radius 2 is 1.45 bits per heavy atom. The summed E-state index contributed by atoms with van der Waals surface area (Å²) in [5, 5.41) is 17.9. The van der Waals surface area contributed by atoms with Gasteiger partial charge < -0.3 is 30.8 Å². The molecule has 0 bridgehead atoms. The quantitative estimate of drug-likeness (QED) is 0.123. The normalized spacial score (nSPS) is 14.1. The van der Waals surface area contributed by atoms with E-state index < -0.39 is 41.7 Å². The van der Waals surface area contributed by atoms with Gasteiger partial charge in [-0.2, -0.15) is 0 Å². The van der Waals surface area contributed by atoms with Crippen molar-refractivity contribution >= 4 is 47.0 Å². The second-order valence-electron chi connectivity index (χ2n) is 11.2. The summed E-state index contributed by atoms with van der Waals surface area (Å²) in [6, 6.07) is 20.9. The smallest absolute Gasteiger partial charge is 0.328 e. The number of aryl methyl sites for hydroxylation is 1. The van der Waals surface area contributed by atoms with Gasteiger partial charge in [-0.15, -0.1) is 0 Å². The number of amides is 3. The van der Waals surface area contributed by atoms with E-state index in [9.17, 15) is 29.1 Å². The number of fused-ring (bicyclic) bond motifs is 1.